The Morgan fingerprint density at radius 1 is 1.09 bits per heavy atom. The zero-order valence-corrected chi connectivity index (χ0v) is 20.2. The smallest absolute Gasteiger partial charge is 0.330 e. The van der Waals surface area contributed by atoms with Crippen LogP contribution in [-0.2, 0) is 7.05 Å². The molecule has 9 nitrogen and oxygen atoms in total. The number of aryl methyl sites for hydroxylation is 1. The maximum absolute atomic E-state index is 14.0. The van der Waals surface area contributed by atoms with Crippen LogP contribution in [0.2, 0.25) is 5.02 Å². The standard InChI is InChI=1S/C24H27ClFN7O2/c1-30-20-21(31-10-8-15(26)9-11-31)28-23(32-13-27-18-7-2-14(25)12-19(18)32)29-22(20)33(24(30)35)16-3-5-17(34)6-4-16/h2,7,12-13,15-17,34H,3-6,8-11H2,1H3. The molecule has 0 radical (unpaired) electrons. The van der Waals surface area contributed by atoms with Gasteiger partial charge in [-0.3, -0.25) is 13.7 Å². The Labute approximate surface area is 205 Å². The van der Waals surface area contributed by atoms with Gasteiger partial charge in [0.05, 0.1) is 17.1 Å². The first kappa shape index (κ1) is 22.5. The van der Waals surface area contributed by atoms with Crippen molar-refractivity contribution in [1.29, 1.82) is 0 Å². The van der Waals surface area contributed by atoms with Gasteiger partial charge < -0.3 is 10.0 Å². The fourth-order valence-corrected chi connectivity index (χ4v) is 5.58. The molecule has 1 N–H and O–H groups in total. The molecule has 4 heterocycles. The number of hydrogen-bond donors (Lipinski definition) is 1. The monoisotopic (exact) mass is 499 g/mol. The van der Waals surface area contributed by atoms with Crippen LogP contribution in [0, 0.1) is 0 Å². The Balaban J connectivity index is 1.59. The number of imidazole rings is 2. The fraction of sp³-hybridized carbons (Fsp3) is 0.500. The minimum atomic E-state index is -0.829. The van der Waals surface area contributed by atoms with Crippen molar-refractivity contribution in [1.82, 2.24) is 28.7 Å². The molecule has 2 aliphatic rings. The minimum absolute atomic E-state index is 0.0595. The average Bonchev–Trinajstić information content (AvgIpc) is 3.38. The van der Waals surface area contributed by atoms with Crippen LogP contribution >= 0.6 is 11.6 Å². The summed E-state index contributed by atoms with van der Waals surface area (Å²) in [5, 5.41) is 10.6. The molecule has 184 valence electrons. The summed E-state index contributed by atoms with van der Waals surface area (Å²) in [6.07, 6.45) is 4.02. The predicted molar refractivity (Wildman–Crippen MR) is 132 cm³/mol. The molecular formula is C24H27ClFN7O2. The number of fused-ring (bicyclic) bond motifs is 2. The molecule has 1 saturated carbocycles. The van der Waals surface area contributed by atoms with E-state index < -0.39 is 6.17 Å². The molecule has 3 aromatic heterocycles. The lowest BCUT2D eigenvalue weighted by Gasteiger charge is -2.30. The first-order chi connectivity index (χ1) is 16.9. The molecule has 6 rings (SSSR count). The zero-order chi connectivity index (χ0) is 24.3. The molecule has 1 aliphatic carbocycles. The summed E-state index contributed by atoms with van der Waals surface area (Å²) in [5.74, 6) is 1.00. The van der Waals surface area contributed by atoms with Crippen molar-refractivity contribution >= 4 is 39.6 Å². The highest BCUT2D eigenvalue weighted by Gasteiger charge is 2.30. The summed E-state index contributed by atoms with van der Waals surface area (Å²) in [5.41, 5.74) is 2.54. The number of aromatic nitrogens is 6. The van der Waals surface area contributed by atoms with E-state index in [1.165, 1.54) is 0 Å². The number of halogens is 2. The summed E-state index contributed by atoms with van der Waals surface area (Å²) in [6, 6.07) is 5.37. The van der Waals surface area contributed by atoms with Crippen LogP contribution < -0.4 is 10.6 Å². The van der Waals surface area contributed by atoms with Gasteiger partial charge in [0.25, 0.3) is 0 Å². The van der Waals surface area contributed by atoms with E-state index in [9.17, 15) is 14.3 Å². The van der Waals surface area contributed by atoms with Crippen molar-refractivity contribution in [3.8, 4) is 5.95 Å². The van der Waals surface area contributed by atoms with Crippen molar-refractivity contribution < 1.29 is 9.50 Å². The molecule has 4 aromatic rings. The van der Waals surface area contributed by atoms with E-state index in [-0.39, 0.29) is 17.8 Å². The van der Waals surface area contributed by atoms with Gasteiger partial charge >= 0.3 is 5.69 Å². The lowest BCUT2D eigenvalue weighted by molar-refractivity contribution is 0.110. The van der Waals surface area contributed by atoms with E-state index in [1.54, 1.807) is 33.1 Å². The number of alkyl halides is 1. The summed E-state index contributed by atoms with van der Waals surface area (Å²) in [7, 11) is 1.74. The summed E-state index contributed by atoms with van der Waals surface area (Å²) < 4.78 is 19.1. The van der Waals surface area contributed by atoms with Crippen LogP contribution in [0.4, 0.5) is 10.2 Å². The van der Waals surface area contributed by atoms with Crippen LogP contribution in [0.15, 0.2) is 29.3 Å². The molecule has 11 heteroatoms. The van der Waals surface area contributed by atoms with Gasteiger partial charge in [0.1, 0.15) is 18.0 Å². The first-order valence-electron chi connectivity index (χ1n) is 12.1. The van der Waals surface area contributed by atoms with Gasteiger partial charge in [-0.2, -0.15) is 9.97 Å². The number of nitrogens with zero attached hydrogens (tertiary/aromatic N) is 7. The largest absolute Gasteiger partial charge is 0.393 e. The first-order valence-corrected chi connectivity index (χ1v) is 12.5. The third-order valence-corrected chi connectivity index (χ3v) is 7.61. The number of anilines is 1. The Kier molecular flexibility index (Phi) is 5.52. The number of hydrogen-bond acceptors (Lipinski definition) is 6. The third-order valence-electron chi connectivity index (χ3n) is 7.37. The molecule has 1 aromatic carbocycles. The van der Waals surface area contributed by atoms with Gasteiger partial charge in [-0.25, -0.2) is 14.2 Å². The van der Waals surface area contributed by atoms with E-state index in [2.05, 4.69) is 4.98 Å². The van der Waals surface area contributed by atoms with E-state index in [0.29, 0.717) is 79.6 Å². The summed E-state index contributed by atoms with van der Waals surface area (Å²) in [6.45, 7) is 1.02. The van der Waals surface area contributed by atoms with Crippen molar-refractivity contribution in [3.63, 3.8) is 0 Å². The molecule has 0 bridgehead atoms. The van der Waals surface area contributed by atoms with Crippen molar-refractivity contribution in [2.75, 3.05) is 18.0 Å². The second kappa shape index (κ2) is 8.60. The molecule has 0 amide bonds. The highest BCUT2D eigenvalue weighted by atomic mass is 35.5. The van der Waals surface area contributed by atoms with Crippen molar-refractivity contribution in [3.05, 3.63) is 40.0 Å². The van der Waals surface area contributed by atoms with Crippen LogP contribution in [-0.4, -0.2) is 59.1 Å². The quantitative estimate of drug-likeness (QED) is 0.463. The Morgan fingerprint density at radius 2 is 1.83 bits per heavy atom. The molecule has 0 unspecified atom stereocenters. The normalized spacial score (nSPS) is 21.9. The fourth-order valence-electron chi connectivity index (χ4n) is 5.41. The number of aliphatic hydroxyl groups excluding tert-OH is 1. The van der Waals surface area contributed by atoms with Gasteiger partial charge in [-0.15, -0.1) is 0 Å². The molecule has 35 heavy (non-hydrogen) atoms. The zero-order valence-electron chi connectivity index (χ0n) is 19.4. The molecule has 0 atom stereocenters. The average molecular weight is 500 g/mol. The topological polar surface area (TPSA) is 94.0 Å². The maximum Gasteiger partial charge on any atom is 0.330 e. The second-order valence-corrected chi connectivity index (χ2v) is 10.0. The Morgan fingerprint density at radius 3 is 2.57 bits per heavy atom. The molecule has 1 aliphatic heterocycles. The minimum Gasteiger partial charge on any atom is -0.393 e. The highest BCUT2D eigenvalue weighted by molar-refractivity contribution is 6.31. The summed E-state index contributed by atoms with van der Waals surface area (Å²) >= 11 is 6.26. The number of aliphatic hydroxyl groups is 1. The van der Waals surface area contributed by atoms with Crippen LogP contribution in [0.5, 0.6) is 0 Å². The summed E-state index contributed by atoms with van der Waals surface area (Å²) in [4.78, 5) is 29.8. The highest BCUT2D eigenvalue weighted by Crippen LogP contribution is 2.33. The lowest BCUT2D eigenvalue weighted by Crippen LogP contribution is -2.35. The predicted octanol–water partition coefficient (Wildman–Crippen LogP) is 3.54. The van der Waals surface area contributed by atoms with Crippen molar-refractivity contribution in [2.24, 2.45) is 7.05 Å². The van der Waals surface area contributed by atoms with E-state index in [4.69, 9.17) is 21.6 Å². The van der Waals surface area contributed by atoms with Crippen molar-refractivity contribution in [2.45, 2.75) is 56.8 Å². The van der Waals surface area contributed by atoms with Crippen LogP contribution in [0.1, 0.15) is 44.6 Å². The number of piperidine rings is 1. The molecule has 1 saturated heterocycles. The SMILES string of the molecule is Cn1c(=O)n(C2CCC(O)CC2)c2nc(-n3cnc4ccc(Cl)cc43)nc(N3CCC(F)CC3)c21. The second-order valence-electron chi connectivity index (χ2n) is 9.60. The Bertz CT molecular complexity index is 1460. The van der Waals surface area contributed by atoms with E-state index in [0.717, 1.165) is 11.0 Å². The van der Waals surface area contributed by atoms with E-state index >= 15 is 0 Å². The van der Waals surface area contributed by atoms with Crippen LogP contribution in [0.3, 0.4) is 0 Å². The lowest BCUT2D eigenvalue weighted by atomic mass is 9.93. The number of rotatable bonds is 3. The van der Waals surface area contributed by atoms with Gasteiger partial charge in [-0.05, 0) is 56.7 Å². The molecular weight excluding hydrogens is 473 g/mol. The maximum atomic E-state index is 14.0. The van der Waals surface area contributed by atoms with Gasteiger partial charge in [0, 0.05) is 31.2 Å². The Hall–Kier alpha value is -2.98. The van der Waals surface area contributed by atoms with Gasteiger partial charge in [0.2, 0.25) is 5.95 Å². The van der Waals surface area contributed by atoms with Crippen LogP contribution in [0.25, 0.3) is 28.1 Å². The third kappa shape index (κ3) is 3.79. The van der Waals surface area contributed by atoms with E-state index in [1.807, 2.05) is 17.0 Å². The van der Waals surface area contributed by atoms with Gasteiger partial charge in [-0.1, -0.05) is 11.6 Å². The molecule has 2 fully saturated rings. The molecule has 0 spiro atoms. The number of benzene rings is 1. The van der Waals surface area contributed by atoms with Gasteiger partial charge in [0.15, 0.2) is 11.5 Å².